The Morgan fingerprint density at radius 3 is 2.56 bits per heavy atom. The van der Waals surface area contributed by atoms with Crippen molar-refractivity contribution in [2.24, 2.45) is 0 Å². The van der Waals surface area contributed by atoms with Gasteiger partial charge < -0.3 is 14.6 Å². The van der Waals surface area contributed by atoms with E-state index in [9.17, 15) is 14.4 Å². The van der Waals surface area contributed by atoms with Crippen LogP contribution in [0, 0.1) is 0 Å². The van der Waals surface area contributed by atoms with Crippen LogP contribution in [0.1, 0.15) is 31.3 Å². The molecule has 4 rings (SSSR count). The largest absolute Gasteiger partial charge is 0.494 e. The van der Waals surface area contributed by atoms with Crippen molar-refractivity contribution in [1.82, 2.24) is 29.6 Å². The van der Waals surface area contributed by atoms with Crippen LogP contribution in [0.2, 0.25) is 0 Å². The molecule has 2 N–H and O–H groups in total. The smallest absolute Gasteiger partial charge is 0.325 e. The molecule has 168 valence electrons. The zero-order valence-corrected chi connectivity index (χ0v) is 18.5. The minimum absolute atomic E-state index is 0.0780. The molecule has 2 aromatic heterocycles. The number of hydrogen-bond donors (Lipinski definition) is 2. The highest BCUT2D eigenvalue weighted by Crippen LogP contribution is 2.25. The SMILES string of the molecule is CCOc1ccc(-n2c(Cc3cc(=O)[nH]c(=O)[nH]3)nnc2SCC(=O)N2CCCC2)cc1. The number of aromatic nitrogens is 5. The van der Waals surface area contributed by atoms with Crippen LogP contribution in [-0.2, 0) is 11.2 Å². The minimum atomic E-state index is -0.578. The first kappa shape index (κ1) is 21.9. The van der Waals surface area contributed by atoms with Gasteiger partial charge in [-0.25, -0.2) is 4.79 Å². The van der Waals surface area contributed by atoms with Crippen molar-refractivity contribution in [1.29, 1.82) is 0 Å². The number of likely N-dealkylation sites (tertiary alicyclic amines) is 1. The molecule has 0 aliphatic carbocycles. The lowest BCUT2D eigenvalue weighted by Crippen LogP contribution is -2.29. The molecule has 1 saturated heterocycles. The van der Waals surface area contributed by atoms with E-state index in [2.05, 4.69) is 20.2 Å². The van der Waals surface area contributed by atoms with Crippen LogP contribution in [0.5, 0.6) is 5.75 Å². The third-order valence-corrected chi connectivity index (χ3v) is 5.97. The molecule has 1 fully saturated rings. The highest BCUT2D eigenvalue weighted by molar-refractivity contribution is 7.99. The molecule has 0 spiro atoms. The van der Waals surface area contributed by atoms with Gasteiger partial charge in [0, 0.05) is 37.0 Å². The van der Waals surface area contributed by atoms with Gasteiger partial charge in [0.15, 0.2) is 5.16 Å². The molecule has 0 unspecified atom stereocenters. The van der Waals surface area contributed by atoms with Gasteiger partial charge >= 0.3 is 5.69 Å². The molecule has 0 radical (unpaired) electrons. The molecular formula is C21H24N6O4S. The first-order valence-corrected chi connectivity index (χ1v) is 11.4. The number of nitrogens with one attached hydrogen (secondary N) is 2. The van der Waals surface area contributed by atoms with Crippen LogP contribution < -0.4 is 16.0 Å². The maximum atomic E-state index is 12.5. The van der Waals surface area contributed by atoms with Gasteiger partial charge in [-0.2, -0.15) is 0 Å². The summed E-state index contributed by atoms with van der Waals surface area (Å²) in [6, 6.07) is 8.78. The molecule has 1 aromatic carbocycles. The number of rotatable bonds is 8. The first-order valence-electron chi connectivity index (χ1n) is 10.4. The summed E-state index contributed by atoms with van der Waals surface area (Å²) < 4.78 is 7.35. The van der Waals surface area contributed by atoms with Crippen molar-refractivity contribution >= 4 is 17.7 Å². The fraction of sp³-hybridized carbons (Fsp3) is 0.381. The van der Waals surface area contributed by atoms with E-state index in [4.69, 9.17) is 4.74 Å². The summed E-state index contributed by atoms with van der Waals surface area (Å²) in [7, 11) is 0. The average Bonchev–Trinajstić information content (AvgIpc) is 3.43. The lowest BCUT2D eigenvalue weighted by Gasteiger charge is -2.15. The summed E-state index contributed by atoms with van der Waals surface area (Å²) in [5.41, 5.74) is 0.145. The summed E-state index contributed by atoms with van der Waals surface area (Å²) >= 11 is 1.32. The molecule has 10 nitrogen and oxygen atoms in total. The van der Waals surface area contributed by atoms with Crippen molar-refractivity contribution in [2.45, 2.75) is 31.3 Å². The number of H-pyrrole nitrogens is 2. The predicted molar refractivity (Wildman–Crippen MR) is 120 cm³/mol. The van der Waals surface area contributed by atoms with E-state index in [0.29, 0.717) is 23.3 Å². The monoisotopic (exact) mass is 456 g/mol. The Hall–Kier alpha value is -3.34. The molecule has 0 bridgehead atoms. The van der Waals surface area contributed by atoms with Crippen molar-refractivity contribution in [2.75, 3.05) is 25.4 Å². The molecule has 1 amide bonds. The molecule has 3 aromatic rings. The number of thioether (sulfide) groups is 1. The van der Waals surface area contributed by atoms with Crippen molar-refractivity contribution in [3.63, 3.8) is 0 Å². The Morgan fingerprint density at radius 2 is 1.88 bits per heavy atom. The number of nitrogens with zero attached hydrogens (tertiary/aromatic N) is 4. The van der Waals surface area contributed by atoms with Crippen LogP contribution in [-0.4, -0.2) is 61.0 Å². The van der Waals surface area contributed by atoms with Gasteiger partial charge in [-0.1, -0.05) is 11.8 Å². The molecule has 11 heteroatoms. The van der Waals surface area contributed by atoms with Crippen LogP contribution in [0.15, 0.2) is 45.1 Å². The number of aromatic amines is 2. The van der Waals surface area contributed by atoms with Gasteiger partial charge in [-0.15, -0.1) is 10.2 Å². The minimum Gasteiger partial charge on any atom is -0.494 e. The summed E-state index contributed by atoms with van der Waals surface area (Å²) in [6.45, 7) is 4.07. The van der Waals surface area contributed by atoms with Crippen LogP contribution in [0.25, 0.3) is 5.69 Å². The number of carbonyl (C=O) groups excluding carboxylic acids is 1. The summed E-state index contributed by atoms with van der Waals surface area (Å²) in [5, 5.41) is 9.13. The Balaban J connectivity index is 1.63. The standard InChI is InChI=1S/C21H24N6O4S/c1-2-31-16-7-5-15(6-8-16)27-17(11-14-12-18(28)23-20(30)22-14)24-25-21(27)32-13-19(29)26-9-3-4-10-26/h5-8,12H,2-4,9-11,13H2,1H3,(H2,22,23,28,30). The Morgan fingerprint density at radius 1 is 1.12 bits per heavy atom. The zero-order valence-electron chi connectivity index (χ0n) is 17.7. The van der Waals surface area contributed by atoms with Gasteiger partial charge in [0.1, 0.15) is 11.6 Å². The predicted octanol–water partition coefficient (Wildman–Crippen LogP) is 1.35. The molecule has 0 saturated carbocycles. The average molecular weight is 457 g/mol. The van der Waals surface area contributed by atoms with Crippen LogP contribution in [0.4, 0.5) is 0 Å². The van der Waals surface area contributed by atoms with Gasteiger partial charge in [0.2, 0.25) is 5.91 Å². The van der Waals surface area contributed by atoms with Gasteiger partial charge in [0.05, 0.1) is 12.4 Å². The van der Waals surface area contributed by atoms with Crippen molar-refractivity contribution in [3.8, 4) is 11.4 Å². The van der Waals surface area contributed by atoms with Crippen molar-refractivity contribution < 1.29 is 9.53 Å². The van der Waals surface area contributed by atoms with E-state index in [1.54, 1.807) is 0 Å². The fourth-order valence-electron chi connectivity index (χ4n) is 3.59. The van der Waals surface area contributed by atoms with E-state index in [1.165, 1.54) is 17.8 Å². The highest BCUT2D eigenvalue weighted by Gasteiger charge is 2.21. The number of amides is 1. The normalized spacial score (nSPS) is 13.5. The number of hydrogen-bond acceptors (Lipinski definition) is 7. The molecule has 3 heterocycles. The van der Waals surface area contributed by atoms with E-state index in [1.807, 2.05) is 40.7 Å². The molecular weight excluding hydrogens is 432 g/mol. The van der Waals surface area contributed by atoms with E-state index in [0.717, 1.165) is 37.4 Å². The number of benzene rings is 1. The third-order valence-electron chi connectivity index (χ3n) is 5.05. The van der Waals surface area contributed by atoms with E-state index < -0.39 is 11.2 Å². The summed E-state index contributed by atoms with van der Waals surface area (Å²) in [4.78, 5) is 42.5. The summed E-state index contributed by atoms with van der Waals surface area (Å²) in [5.74, 6) is 1.61. The Labute approximate surface area is 188 Å². The van der Waals surface area contributed by atoms with Gasteiger partial charge in [-0.05, 0) is 44.0 Å². The van der Waals surface area contributed by atoms with Crippen LogP contribution in [0.3, 0.4) is 0 Å². The fourth-order valence-corrected chi connectivity index (χ4v) is 4.47. The van der Waals surface area contributed by atoms with Gasteiger partial charge in [-0.3, -0.25) is 19.1 Å². The Bertz CT molecular complexity index is 1170. The second-order valence-electron chi connectivity index (χ2n) is 7.33. The first-order chi connectivity index (χ1) is 15.5. The van der Waals surface area contributed by atoms with Gasteiger partial charge in [0.25, 0.3) is 5.56 Å². The maximum absolute atomic E-state index is 12.5. The topological polar surface area (TPSA) is 126 Å². The van der Waals surface area contributed by atoms with Crippen LogP contribution >= 0.6 is 11.8 Å². The zero-order chi connectivity index (χ0) is 22.5. The van der Waals surface area contributed by atoms with E-state index >= 15 is 0 Å². The maximum Gasteiger partial charge on any atom is 0.325 e. The molecule has 32 heavy (non-hydrogen) atoms. The number of carbonyl (C=O) groups is 1. The quantitative estimate of drug-likeness (QED) is 0.490. The molecule has 1 aliphatic heterocycles. The lowest BCUT2D eigenvalue weighted by atomic mass is 10.2. The van der Waals surface area contributed by atoms with E-state index in [-0.39, 0.29) is 18.1 Å². The highest BCUT2D eigenvalue weighted by atomic mass is 32.2. The number of ether oxygens (including phenoxy) is 1. The van der Waals surface area contributed by atoms with Crippen molar-refractivity contribution in [3.05, 3.63) is 62.7 Å². The second kappa shape index (κ2) is 9.86. The lowest BCUT2D eigenvalue weighted by molar-refractivity contribution is -0.127. The summed E-state index contributed by atoms with van der Waals surface area (Å²) in [6.07, 6.45) is 2.27. The Kier molecular flexibility index (Phi) is 6.74. The molecule has 1 aliphatic rings. The third kappa shape index (κ3) is 5.10. The second-order valence-corrected chi connectivity index (χ2v) is 8.27. The molecule has 0 atom stereocenters.